The molecule has 1 unspecified atom stereocenters. The van der Waals surface area contributed by atoms with Gasteiger partial charge in [0.15, 0.2) is 0 Å². The number of pyridine rings is 1. The molecule has 0 aliphatic carbocycles. The highest BCUT2D eigenvalue weighted by atomic mass is 35.5. The van der Waals surface area contributed by atoms with Gasteiger partial charge in [-0.15, -0.1) is 0 Å². The standard InChI is InChI=1S/C33H34ClN3O3/c1-4-22-10-11-24(31(32(35)38)28(22)5-2)14-18-30(37(3)33(39)40)25-8-6-7-21(19-25)9-16-27-17-13-23-12-15-26(34)20-29(23)36-27/h6-13,15-17,19-20,30H,4-5,14,18H2,1-3H3,(H2,35,38)(H,39,40). The fourth-order valence-corrected chi connectivity index (χ4v) is 5.42. The number of carboxylic acid groups (broad SMARTS) is 1. The molecule has 4 rings (SSSR count). The molecule has 0 spiro atoms. The molecule has 0 bridgehead atoms. The van der Waals surface area contributed by atoms with Crippen molar-refractivity contribution in [1.29, 1.82) is 0 Å². The van der Waals surface area contributed by atoms with Crippen LogP contribution in [0.1, 0.15) is 70.2 Å². The molecule has 40 heavy (non-hydrogen) atoms. The van der Waals surface area contributed by atoms with E-state index in [2.05, 4.69) is 18.0 Å². The van der Waals surface area contributed by atoms with Gasteiger partial charge in [0, 0.05) is 23.0 Å². The molecule has 0 radical (unpaired) electrons. The van der Waals surface area contributed by atoms with Crippen LogP contribution in [0.25, 0.3) is 23.1 Å². The zero-order valence-electron chi connectivity index (χ0n) is 23.0. The fourth-order valence-electron chi connectivity index (χ4n) is 5.25. The summed E-state index contributed by atoms with van der Waals surface area (Å²) in [5, 5.41) is 11.5. The minimum absolute atomic E-state index is 0.413. The summed E-state index contributed by atoms with van der Waals surface area (Å²) in [6.07, 6.45) is 5.41. The highest BCUT2D eigenvalue weighted by Crippen LogP contribution is 2.29. The van der Waals surface area contributed by atoms with Crippen LogP contribution in [0.15, 0.2) is 66.7 Å². The third kappa shape index (κ3) is 6.52. The Morgan fingerprint density at radius 2 is 1.75 bits per heavy atom. The number of fused-ring (bicyclic) bond motifs is 1. The molecule has 0 aliphatic heterocycles. The number of halogens is 1. The number of hydrogen-bond donors (Lipinski definition) is 2. The topological polar surface area (TPSA) is 96.5 Å². The van der Waals surface area contributed by atoms with Crippen molar-refractivity contribution >= 4 is 46.7 Å². The fraction of sp³-hybridized carbons (Fsp3) is 0.242. The van der Waals surface area contributed by atoms with Crippen molar-refractivity contribution in [2.24, 2.45) is 5.73 Å². The summed E-state index contributed by atoms with van der Waals surface area (Å²) < 4.78 is 0. The van der Waals surface area contributed by atoms with Crippen molar-refractivity contribution in [3.05, 3.63) is 111 Å². The van der Waals surface area contributed by atoms with Gasteiger partial charge in [-0.3, -0.25) is 4.79 Å². The maximum absolute atomic E-state index is 12.4. The first-order valence-electron chi connectivity index (χ1n) is 13.4. The first-order valence-corrected chi connectivity index (χ1v) is 13.8. The number of amides is 2. The van der Waals surface area contributed by atoms with Gasteiger partial charge in [-0.25, -0.2) is 9.78 Å². The largest absolute Gasteiger partial charge is 0.465 e. The van der Waals surface area contributed by atoms with Crippen LogP contribution < -0.4 is 5.73 Å². The number of carbonyl (C=O) groups excluding carboxylic acids is 1. The third-order valence-corrected chi connectivity index (χ3v) is 7.59. The Bertz CT molecular complexity index is 1580. The van der Waals surface area contributed by atoms with Crippen molar-refractivity contribution in [2.75, 3.05) is 7.05 Å². The average Bonchev–Trinajstić information content (AvgIpc) is 2.95. The zero-order chi connectivity index (χ0) is 28.8. The molecule has 2 amide bonds. The minimum atomic E-state index is -1.02. The van der Waals surface area contributed by atoms with Crippen LogP contribution in [-0.2, 0) is 19.3 Å². The number of aromatic nitrogens is 1. The lowest BCUT2D eigenvalue weighted by Crippen LogP contribution is -2.30. The van der Waals surface area contributed by atoms with Crippen LogP contribution in [0.4, 0.5) is 4.79 Å². The summed E-state index contributed by atoms with van der Waals surface area (Å²) in [6.45, 7) is 4.08. The summed E-state index contributed by atoms with van der Waals surface area (Å²) in [6, 6.07) is 21.0. The average molecular weight is 556 g/mol. The van der Waals surface area contributed by atoms with Crippen molar-refractivity contribution in [2.45, 2.75) is 45.6 Å². The molecular weight excluding hydrogens is 522 g/mol. The Kier molecular flexibility index (Phi) is 9.22. The predicted molar refractivity (Wildman–Crippen MR) is 163 cm³/mol. The first kappa shape index (κ1) is 28.8. The van der Waals surface area contributed by atoms with Crippen LogP contribution in [-0.4, -0.2) is 34.0 Å². The van der Waals surface area contributed by atoms with E-state index in [1.54, 1.807) is 7.05 Å². The number of nitrogens with two attached hydrogens (primary N) is 1. The summed E-state index contributed by atoms with van der Waals surface area (Å²) in [7, 11) is 1.58. The number of nitrogens with zero attached hydrogens (tertiary/aromatic N) is 2. The normalized spacial score (nSPS) is 12.1. The van der Waals surface area contributed by atoms with Gasteiger partial charge in [-0.05, 0) is 83.8 Å². The van der Waals surface area contributed by atoms with Gasteiger partial charge in [0.05, 0.1) is 17.3 Å². The van der Waals surface area contributed by atoms with E-state index in [1.807, 2.05) is 79.7 Å². The van der Waals surface area contributed by atoms with E-state index in [9.17, 15) is 14.7 Å². The Hall–Kier alpha value is -4.16. The number of primary amides is 1. The molecule has 4 aromatic rings. The Morgan fingerprint density at radius 1 is 1.00 bits per heavy atom. The van der Waals surface area contributed by atoms with Gasteiger partial charge >= 0.3 is 6.09 Å². The Morgan fingerprint density at radius 3 is 2.45 bits per heavy atom. The van der Waals surface area contributed by atoms with Gasteiger partial charge in [-0.2, -0.15) is 0 Å². The van der Waals surface area contributed by atoms with Crippen molar-refractivity contribution in [1.82, 2.24) is 9.88 Å². The van der Waals surface area contributed by atoms with Gasteiger partial charge < -0.3 is 15.7 Å². The quantitative estimate of drug-likeness (QED) is 0.211. The highest BCUT2D eigenvalue weighted by molar-refractivity contribution is 6.31. The lowest BCUT2D eigenvalue weighted by atomic mass is 9.88. The SMILES string of the molecule is CCc1ccc(CCC(c2cccc(C=Cc3ccc4ccc(Cl)cc4n3)c2)N(C)C(=O)O)c(C(N)=O)c1CC. The molecule has 1 atom stereocenters. The number of rotatable bonds is 10. The molecule has 0 fully saturated rings. The van der Waals surface area contributed by atoms with E-state index < -0.39 is 18.0 Å². The molecule has 1 heterocycles. The number of carbonyl (C=O) groups is 2. The van der Waals surface area contributed by atoms with Crippen molar-refractivity contribution < 1.29 is 14.7 Å². The van der Waals surface area contributed by atoms with E-state index >= 15 is 0 Å². The Labute approximate surface area is 240 Å². The second-order valence-electron chi connectivity index (χ2n) is 9.83. The maximum Gasteiger partial charge on any atom is 0.407 e. The van der Waals surface area contributed by atoms with Gasteiger partial charge in [0.1, 0.15) is 0 Å². The second kappa shape index (κ2) is 12.8. The molecule has 0 saturated heterocycles. The van der Waals surface area contributed by atoms with E-state index in [1.165, 1.54) is 4.90 Å². The Balaban J connectivity index is 1.62. The molecule has 1 aromatic heterocycles. The lowest BCUT2D eigenvalue weighted by Gasteiger charge is -2.27. The van der Waals surface area contributed by atoms with E-state index in [-0.39, 0.29) is 0 Å². The molecule has 7 heteroatoms. The van der Waals surface area contributed by atoms with E-state index in [4.69, 9.17) is 17.3 Å². The second-order valence-corrected chi connectivity index (χ2v) is 10.3. The molecule has 0 aliphatic rings. The summed E-state index contributed by atoms with van der Waals surface area (Å²) in [4.78, 5) is 30.5. The van der Waals surface area contributed by atoms with E-state index in [0.29, 0.717) is 29.8 Å². The van der Waals surface area contributed by atoms with E-state index in [0.717, 1.165) is 50.8 Å². The van der Waals surface area contributed by atoms with Crippen molar-refractivity contribution in [3.8, 4) is 0 Å². The predicted octanol–water partition coefficient (Wildman–Crippen LogP) is 7.57. The van der Waals surface area contributed by atoms with Gasteiger partial charge in [0.25, 0.3) is 0 Å². The van der Waals surface area contributed by atoms with Crippen LogP contribution >= 0.6 is 11.6 Å². The first-order chi connectivity index (χ1) is 19.2. The van der Waals surface area contributed by atoms with Crippen LogP contribution in [0.3, 0.4) is 0 Å². The zero-order valence-corrected chi connectivity index (χ0v) is 23.8. The monoisotopic (exact) mass is 555 g/mol. The van der Waals surface area contributed by atoms with Crippen LogP contribution in [0.5, 0.6) is 0 Å². The molecular formula is C33H34ClN3O3. The molecule has 3 aromatic carbocycles. The number of benzene rings is 3. The van der Waals surface area contributed by atoms with Gasteiger partial charge in [0.2, 0.25) is 5.91 Å². The molecule has 3 N–H and O–H groups in total. The van der Waals surface area contributed by atoms with Crippen LogP contribution in [0, 0.1) is 0 Å². The third-order valence-electron chi connectivity index (χ3n) is 7.35. The number of aryl methyl sites for hydroxylation is 2. The maximum atomic E-state index is 12.4. The lowest BCUT2D eigenvalue weighted by molar-refractivity contribution is 0.0997. The summed E-state index contributed by atoms with van der Waals surface area (Å²) >= 11 is 6.13. The summed E-state index contributed by atoms with van der Waals surface area (Å²) in [5.41, 5.74) is 12.7. The number of hydrogen-bond acceptors (Lipinski definition) is 3. The van der Waals surface area contributed by atoms with Crippen molar-refractivity contribution in [3.63, 3.8) is 0 Å². The summed E-state index contributed by atoms with van der Waals surface area (Å²) in [5.74, 6) is -0.443. The molecule has 6 nitrogen and oxygen atoms in total. The minimum Gasteiger partial charge on any atom is -0.465 e. The highest BCUT2D eigenvalue weighted by Gasteiger charge is 2.23. The molecule has 0 saturated carbocycles. The van der Waals surface area contributed by atoms with Crippen LogP contribution in [0.2, 0.25) is 5.02 Å². The van der Waals surface area contributed by atoms with Gasteiger partial charge in [-0.1, -0.05) is 74.0 Å². The molecule has 206 valence electrons. The smallest absolute Gasteiger partial charge is 0.407 e.